The number of halogens is 4. The number of hydrogen-bond acceptors (Lipinski definition) is 4. The second-order valence-corrected chi connectivity index (χ2v) is 30.2. The first-order valence-corrected chi connectivity index (χ1v) is 33.8. The van der Waals surface area contributed by atoms with E-state index in [0.717, 1.165) is 25.7 Å². The lowest BCUT2D eigenvalue weighted by atomic mass is 9.69. The number of rotatable bonds is 24. The van der Waals surface area contributed by atoms with Crippen molar-refractivity contribution in [1.29, 1.82) is 0 Å². The van der Waals surface area contributed by atoms with E-state index in [-0.39, 0.29) is 0 Å². The Bertz CT molecular complexity index is 2780. The molecule has 4 aromatic carbocycles. The van der Waals surface area contributed by atoms with Gasteiger partial charge in [0.25, 0.3) is 0 Å². The lowest BCUT2D eigenvalue weighted by Gasteiger charge is -2.31. The summed E-state index contributed by atoms with van der Waals surface area (Å²) in [7, 11) is 0. The van der Waals surface area contributed by atoms with Gasteiger partial charge in [-0.15, -0.1) is 45.3 Å². The summed E-state index contributed by atoms with van der Waals surface area (Å²) in [5, 5.41) is 0. The van der Waals surface area contributed by atoms with Gasteiger partial charge in [0, 0.05) is 19.5 Å². The van der Waals surface area contributed by atoms with Gasteiger partial charge < -0.3 is 0 Å². The number of unbranched alkanes of at least 4 members (excludes halogenated alkanes) is 12. The first-order chi connectivity index (χ1) is 35.7. The largest absolute Gasteiger partial charge is 0.128 e. The number of fused-ring (bicyclic) bond motifs is 10. The maximum atomic E-state index is 4.06. The van der Waals surface area contributed by atoms with Crippen LogP contribution in [0.4, 0.5) is 0 Å². The van der Waals surface area contributed by atoms with Crippen molar-refractivity contribution < 1.29 is 0 Å². The van der Waals surface area contributed by atoms with Crippen LogP contribution in [-0.2, 0) is 31.1 Å². The number of aryl methyl sites for hydroxylation is 4. The van der Waals surface area contributed by atoms with Gasteiger partial charge in [0.1, 0.15) is 0 Å². The van der Waals surface area contributed by atoms with Gasteiger partial charge in [-0.3, -0.25) is 0 Å². The summed E-state index contributed by atoms with van der Waals surface area (Å²) in [5.41, 5.74) is 21.4. The van der Waals surface area contributed by atoms with Crippen LogP contribution in [0.25, 0.3) is 64.0 Å². The molecule has 0 bridgehead atoms. The molecule has 0 aliphatic heterocycles. The summed E-state index contributed by atoms with van der Waals surface area (Å²) in [6.45, 7) is 9.20. The molecule has 0 saturated carbocycles. The molecule has 0 N–H and O–H groups in total. The van der Waals surface area contributed by atoms with Crippen LogP contribution >= 0.6 is 109 Å². The molecular weight excluding hydrogens is 1230 g/mol. The highest BCUT2D eigenvalue weighted by atomic mass is 79.9. The zero-order valence-corrected chi connectivity index (χ0v) is 52.6. The Hall–Kier alpha value is -2.40. The van der Waals surface area contributed by atoms with Crippen molar-refractivity contribution in [3.05, 3.63) is 157 Å². The molecule has 0 radical (unpaired) electrons. The van der Waals surface area contributed by atoms with Gasteiger partial charge in [-0.1, -0.05) is 153 Å². The lowest BCUT2D eigenvalue weighted by Crippen LogP contribution is -2.26. The predicted octanol–water partition coefficient (Wildman–Crippen LogP) is 24.5. The Kier molecular flexibility index (Phi) is 18.1. The van der Waals surface area contributed by atoms with E-state index in [1.54, 1.807) is 0 Å². The zero-order valence-electron chi connectivity index (χ0n) is 43.0. The van der Waals surface area contributed by atoms with Crippen LogP contribution in [0.5, 0.6) is 0 Å². The van der Waals surface area contributed by atoms with Crippen LogP contribution in [0, 0.1) is 0 Å². The van der Waals surface area contributed by atoms with E-state index >= 15 is 0 Å². The summed E-state index contributed by atoms with van der Waals surface area (Å²) < 4.78 is 5.11. The third-order valence-corrected chi connectivity index (χ3v) is 23.7. The number of thiophene rings is 4. The molecule has 0 atom stereocenters. The van der Waals surface area contributed by atoms with Crippen LogP contribution in [0.1, 0.15) is 175 Å². The molecular formula is C65H68Br4S4. The Labute approximate surface area is 486 Å². The maximum absolute atomic E-state index is 4.06. The Morgan fingerprint density at radius 2 is 0.534 bits per heavy atom. The fraction of sp³-hybridized carbons (Fsp3) is 0.385. The normalized spacial score (nSPS) is 13.0. The lowest BCUT2D eigenvalue weighted by molar-refractivity contribution is 0.667. The minimum atomic E-state index is -0.544. The van der Waals surface area contributed by atoms with Crippen molar-refractivity contribution in [2.24, 2.45) is 0 Å². The highest BCUT2D eigenvalue weighted by molar-refractivity contribution is 9.11. The summed E-state index contributed by atoms with van der Waals surface area (Å²) in [6, 6.07) is 39.9. The van der Waals surface area contributed by atoms with Crippen LogP contribution in [0.15, 0.2) is 112 Å². The van der Waals surface area contributed by atoms with Crippen LogP contribution < -0.4 is 0 Å². The summed E-state index contributed by atoms with van der Waals surface area (Å²) in [5.74, 6) is 0. The standard InChI is InChI=1S/C65H68Br4S4/c1-5-9-13-17-21-45-37-57(70-61(45)66)41-25-29-49-50-30-26-42(58-38-46(62(67)71-58)22-18-14-10-6-2)34-54(50)65(53(49)33-41)55-35-43(59-39-47(63(68)72-59)23-19-15-11-7-3)27-31-51(55)52-32-28-44(36-56(52)65)60-40-48(64(69)73-60)24-20-16-12-8-4/h25-40H,5-24H2,1-4H3. The number of benzene rings is 4. The van der Waals surface area contributed by atoms with E-state index in [0.29, 0.717) is 0 Å². The van der Waals surface area contributed by atoms with E-state index in [1.165, 1.54) is 226 Å². The Balaban J connectivity index is 1.18. The van der Waals surface area contributed by atoms with E-state index in [4.69, 9.17) is 0 Å². The second-order valence-electron chi connectivity index (χ2n) is 20.7. The third-order valence-electron chi connectivity index (χ3n) is 15.6. The fourth-order valence-electron chi connectivity index (χ4n) is 11.7. The molecule has 8 heteroatoms. The van der Waals surface area contributed by atoms with Crippen molar-refractivity contribution in [3.63, 3.8) is 0 Å². The van der Waals surface area contributed by atoms with Crippen LogP contribution in [0.2, 0.25) is 0 Å². The van der Waals surface area contributed by atoms with Crippen LogP contribution in [-0.4, -0.2) is 0 Å². The monoisotopic (exact) mass is 1290 g/mol. The molecule has 0 saturated heterocycles. The summed E-state index contributed by atoms with van der Waals surface area (Å²) >= 11 is 23.8. The first-order valence-electron chi connectivity index (χ1n) is 27.4. The second kappa shape index (κ2) is 24.5. The number of hydrogen-bond donors (Lipinski definition) is 0. The van der Waals surface area contributed by atoms with Gasteiger partial charge >= 0.3 is 0 Å². The molecule has 2 aliphatic carbocycles. The molecule has 2 aliphatic rings. The van der Waals surface area contributed by atoms with E-state index in [2.05, 4.69) is 188 Å². The van der Waals surface area contributed by atoms with Crippen molar-refractivity contribution in [2.75, 3.05) is 0 Å². The molecule has 0 fully saturated rings. The average Bonchev–Trinajstić information content (AvgIpc) is 4.27. The summed E-state index contributed by atoms with van der Waals surface area (Å²) in [6.07, 6.45) is 24.8. The van der Waals surface area contributed by atoms with Gasteiger partial charge in [0.05, 0.1) is 20.6 Å². The van der Waals surface area contributed by atoms with Gasteiger partial charge in [-0.2, -0.15) is 0 Å². The SMILES string of the molecule is CCCCCCc1cc(-c2ccc3c(c2)C2(c4cc(-c5cc(CCCCCC)c(Br)s5)ccc4-3)c3cc(-c4cc(CCCCCC)c(Br)s4)ccc3-c3ccc(-c4cc(CCCCCC)c(Br)s4)cc32)sc1Br. The highest BCUT2D eigenvalue weighted by Crippen LogP contribution is 2.65. The molecule has 0 unspecified atom stereocenters. The molecule has 0 amide bonds. The third kappa shape index (κ3) is 11.1. The van der Waals surface area contributed by atoms with E-state index in [9.17, 15) is 0 Å². The zero-order chi connectivity index (χ0) is 50.6. The molecule has 4 heterocycles. The van der Waals surface area contributed by atoms with Gasteiger partial charge in [-0.05, 0) is 253 Å². The predicted molar refractivity (Wildman–Crippen MR) is 338 cm³/mol. The van der Waals surface area contributed by atoms with Crippen LogP contribution in [0.3, 0.4) is 0 Å². The maximum Gasteiger partial charge on any atom is 0.0737 e. The van der Waals surface area contributed by atoms with Crippen molar-refractivity contribution in [2.45, 2.75) is 162 Å². The quantitative estimate of drug-likeness (QED) is 0.0529. The van der Waals surface area contributed by atoms with Crippen molar-refractivity contribution in [1.82, 2.24) is 0 Å². The molecule has 0 nitrogen and oxygen atoms in total. The van der Waals surface area contributed by atoms with Crippen molar-refractivity contribution >= 4 is 109 Å². The smallest absolute Gasteiger partial charge is 0.0737 e. The van der Waals surface area contributed by atoms with Gasteiger partial charge in [0.15, 0.2) is 0 Å². The molecule has 380 valence electrons. The average molecular weight is 1300 g/mol. The van der Waals surface area contributed by atoms with E-state index < -0.39 is 5.41 Å². The van der Waals surface area contributed by atoms with E-state index in [1.807, 2.05) is 45.3 Å². The van der Waals surface area contributed by atoms with Gasteiger partial charge in [0.2, 0.25) is 0 Å². The minimum Gasteiger partial charge on any atom is -0.128 e. The fourth-order valence-corrected chi connectivity index (χ4v) is 18.8. The minimum absolute atomic E-state index is 0.544. The first kappa shape index (κ1) is 54.0. The molecule has 73 heavy (non-hydrogen) atoms. The summed E-state index contributed by atoms with van der Waals surface area (Å²) in [4.78, 5) is 5.36. The molecule has 8 aromatic rings. The van der Waals surface area contributed by atoms with Gasteiger partial charge in [-0.25, -0.2) is 0 Å². The Morgan fingerprint density at radius 1 is 0.301 bits per heavy atom. The Morgan fingerprint density at radius 3 is 0.753 bits per heavy atom. The highest BCUT2D eigenvalue weighted by Gasteiger charge is 2.52. The molecule has 4 aromatic heterocycles. The molecule has 10 rings (SSSR count). The van der Waals surface area contributed by atoms with Crippen molar-refractivity contribution in [3.8, 4) is 64.0 Å². The molecule has 1 spiro atoms. The topological polar surface area (TPSA) is 0 Å².